The third-order valence-electron chi connectivity index (χ3n) is 4.64. The molecule has 0 unspecified atom stereocenters. The van der Waals surface area contributed by atoms with Crippen LogP contribution in [0, 0.1) is 0 Å². The first-order chi connectivity index (χ1) is 12.6. The lowest BCUT2D eigenvalue weighted by molar-refractivity contribution is 0.445. The number of pyridine rings is 2. The lowest BCUT2D eigenvalue weighted by Gasteiger charge is -2.36. The summed E-state index contributed by atoms with van der Waals surface area (Å²) in [5.41, 5.74) is 0. The fraction of sp³-hybridized carbons (Fsp3) is 0.444. The molecule has 0 N–H and O–H groups in total. The van der Waals surface area contributed by atoms with Crippen LogP contribution in [0.5, 0.6) is 0 Å². The van der Waals surface area contributed by atoms with E-state index in [1.807, 2.05) is 32.0 Å². The van der Waals surface area contributed by atoms with Crippen molar-refractivity contribution < 1.29 is 8.42 Å². The van der Waals surface area contributed by atoms with Crippen molar-refractivity contribution in [3.63, 3.8) is 0 Å². The molecule has 8 heteroatoms. The molecule has 0 atom stereocenters. The van der Waals surface area contributed by atoms with Gasteiger partial charge >= 0.3 is 0 Å². The van der Waals surface area contributed by atoms with Gasteiger partial charge in [0.2, 0.25) is 10.0 Å². The molecule has 1 aliphatic heterocycles. The standard InChI is InChI=1S/C18H25N5O2S/c1-3-23(4-2)26(24,25)16-8-9-18(20-15-16)22-13-11-21(12-14-22)17-7-5-6-10-19-17/h5-10,15H,3-4,11-14H2,1-2H3. The van der Waals surface area contributed by atoms with Gasteiger partial charge in [-0.25, -0.2) is 18.4 Å². The molecule has 2 aromatic heterocycles. The van der Waals surface area contributed by atoms with Gasteiger partial charge in [-0.05, 0) is 24.3 Å². The van der Waals surface area contributed by atoms with Crippen LogP contribution in [-0.4, -0.2) is 62.0 Å². The zero-order valence-electron chi connectivity index (χ0n) is 15.2. The van der Waals surface area contributed by atoms with E-state index >= 15 is 0 Å². The van der Waals surface area contributed by atoms with E-state index in [1.165, 1.54) is 10.5 Å². The number of anilines is 2. The van der Waals surface area contributed by atoms with Crippen LogP contribution in [0.25, 0.3) is 0 Å². The number of hydrogen-bond donors (Lipinski definition) is 0. The Morgan fingerprint density at radius 3 is 2.00 bits per heavy atom. The van der Waals surface area contributed by atoms with Crippen LogP contribution in [0.15, 0.2) is 47.6 Å². The average Bonchev–Trinajstić information content (AvgIpc) is 2.70. The Hall–Kier alpha value is -2.19. The number of nitrogens with zero attached hydrogens (tertiary/aromatic N) is 5. The Morgan fingerprint density at radius 1 is 0.923 bits per heavy atom. The summed E-state index contributed by atoms with van der Waals surface area (Å²) < 4.78 is 26.5. The quantitative estimate of drug-likeness (QED) is 0.767. The van der Waals surface area contributed by atoms with Crippen molar-refractivity contribution in [3.05, 3.63) is 42.7 Å². The normalized spacial score (nSPS) is 15.5. The van der Waals surface area contributed by atoms with Crippen molar-refractivity contribution in [2.45, 2.75) is 18.7 Å². The molecular formula is C18H25N5O2S. The second-order valence-electron chi connectivity index (χ2n) is 6.10. The van der Waals surface area contributed by atoms with Crippen LogP contribution in [0.4, 0.5) is 11.6 Å². The number of aromatic nitrogens is 2. The monoisotopic (exact) mass is 375 g/mol. The molecule has 3 rings (SSSR count). The highest BCUT2D eigenvalue weighted by Crippen LogP contribution is 2.20. The summed E-state index contributed by atoms with van der Waals surface area (Å²) in [6.45, 7) is 7.95. The van der Waals surface area contributed by atoms with Gasteiger partial charge in [0.15, 0.2) is 0 Å². The highest BCUT2D eigenvalue weighted by atomic mass is 32.2. The summed E-state index contributed by atoms with van der Waals surface area (Å²) in [4.78, 5) is 13.5. The first-order valence-corrected chi connectivity index (χ1v) is 10.4. The largest absolute Gasteiger partial charge is 0.353 e. The summed E-state index contributed by atoms with van der Waals surface area (Å²) in [7, 11) is -3.46. The molecule has 1 saturated heterocycles. The van der Waals surface area contributed by atoms with Crippen molar-refractivity contribution in [2.24, 2.45) is 0 Å². The van der Waals surface area contributed by atoms with E-state index < -0.39 is 10.0 Å². The van der Waals surface area contributed by atoms with Crippen molar-refractivity contribution in [3.8, 4) is 0 Å². The second kappa shape index (κ2) is 8.01. The van der Waals surface area contributed by atoms with Gasteiger partial charge in [-0.1, -0.05) is 19.9 Å². The smallest absolute Gasteiger partial charge is 0.244 e. The Balaban J connectivity index is 1.67. The molecule has 0 saturated carbocycles. The van der Waals surface area contributed by atoms with E-state index in [0.29, 0.717) is 13.1 Å². The zero-order valence-corrected chi connectivity index (χ0v) is 16.1. The van der Waals surface area contributed by atoms with Gasteiger partial charge in [-0.3, -0.25) is 0 Å². The summed E-state index contributed by atoms with van der Waals surface area (Å²) in [6.07, 6.45) is 3.27. The number of piperazine rings is 1. The fourth-order valence-electron chi connectivity index (χ4n) is 3.13. The SMILES string of the molecule is CCN(CC)S(=O)(=O)c1ccc(N2CCN(c3ccccn3)CC2)nc1. The van der Waals surface area contributed by atoms with Crippen LogP contribution in [0.1, 0.15) is 13.8 Å². The molecule has 2 aromatic rings. The van der Waals surface area contributed by atoms with Crippen molar-refractivity contribution in [2.75, 3.05) is 49.1 Å². The zero-order chi connectivity index (χ0) is 18.6. The van der Waals surface area contributed by atoms with Crippen molar-refractivity contribution in [1.29, 1.82) is 0 Å². The van der Waals surface area contributed by atoms with Crippen molar-refractivity contribution >= 4 is 21.7 Å². The Morgan fingerprint density at radius 2 is 1.54 bits per heavy atom. The van der Waals surface area contributed by atoms with Gasteiger partial charge < -0.3 is 9.80 Å². The highest BCUT2D eigenvalue weighted by Gasteiger charge is 2.23. The van der Waals surface area contributed by atoms with Crippen molar-refractivity contribution in [1.82, 2.24) is 14.3 Å². The summed E-state index contributed by atoms with van der Waals surface area (Å²) in [5.74, 6) is 1.80. The lowest BCUT2D eigenvalue weighted by atomic mass is 10.3. The molecule has 0 aromatic carbocycles. The predicted octanol–water partition coefficient (Wildman–Crippen LogP) is 1.83. The molecule has 140 valence electrons. The third kappa shape index (κ3) is 3.81. The summed E-state index contributed by atoms with van der Waals surface area (Å²) in [5, 5.41) is 0. The average molecular weight is 375 g/mol. The molecule has 1 fully saturated rings. The maximum Gasteiger partial charge on any atom is 0.244 e. The van der Waals surface area contributed by atoms with E-state index in [-0.39, 0.29) is 4.90 Å². The molecule has 0 aliphatic carbocycles. The van der Waals surface area contributed by atoms with E-state index in [9.17, 15) is 8.42 Å². The van der Waals surface area contributed by atoms with Crippen LogP contribution in [0.3, 0.4) is 0 Å². The van der Waals surface area contributed by atoms with Crippen LogP contribution >= 0.6 is 0 Å². The van der Waals surface area contributed by atoms with E-state index in [0.717, 1.165) is 37.8 Å². The minimum Gasteiger partial charge on any atom is -0.353 e. The Bertz CT molecular complexity index is 799. The maximum atomic E-state index is 12.5. The molecule has 1 aliphatic rings. The summed E-state index contributed by atoms with van der Waals surface area (Å²) >= 11 is 0. The number of hydrogen-bond acceptors (Lipinski definition) is 6. The molecule has 7 nitrogen and oxygen atoms in total. The minimum atomic E-state index is -3.46. The Labute approximate surface area is 155 Å². The Kier molecular flexibility index (Phi) is 5.73. The van der Waals surface area contributed by atoms with Gasteiger partial charge in [0, 0.05) is 51.7 Å². The van der Waals surface area contributed by atoms with E-state index in [2.05, 4.69) is 19.8 Å². The first-order valence-electron chi connectivity index (χ1n) is 8.93. The summed E-state index contributed by atoms with van der Waals surface area (Å²) in [6, 6.07) is 9.37. The third-order valence-corrected chi connectivity index (χ3v) is 6.67. The lowest BCUT2D eigenvalue weighted by Crippen LogP contribution is -2.47. The molecule has 3 heterocycles. The molecule has 0 bridgehead atoms. The number of sulfonamides is 1. The van der Waals surface area contributed by atoms with E-state index in [4.69, 9.17) is 0 Å². The molecule has 0 amide bonds. The maximum absolute atomic E-state index is 12.5. The molecule has 0 spiro atoms. The predicted molar refractivity (Wildman–Crippen MR) is 103 cm³/mol. The van der Waals surface area contributed by atoms with E-state index in [1.54, 1.807) is 18.3 Å². The van der Waals surface area contributed by atoms with Gasteiger partial charge in [0.25, 0.3) is 0 Å². The van der Waals surface area contributed by atoms with Gasteiger partial charge in [-0.15, -0.1) is 0 Å². The molecular weight excluding hydrogens is 350 g/mol. The van der Waals surface area contributed by atoms with Crippen LogP contribution in [-0.2, 0) is 10.0 Å². The van der Waals surface area contributed by atoms with Gasteiger partial charge in [0.1, 0.15) is 16.5 Å². The topological polar surface area (TPSA) is 69.6 Å². The van der Waals surface area contributed by atoms with Crippen LogP contribution in [0.2, 0.25) is 0 Å². The minimum absolute atomic E-state index is 0.247. The number of rotatable bonds is 6. The first kappa shape index (κ1) is 18.6. The van der Waals surface area contributed by atoms with Gasteiger partial charge in [0.05, 0.1) is 0 Å². The van der Waals surface area contributed by atoms with Gasteiger partial charge in [-0.2, -0.15) is 4.31 Å². The molecule has 0 radical (unpaired) electrons. The highest BCUT2D eigenvalue weighted by molar-refractivity contribution is 7.89. The van der Waals surface area contributed by atoms with Crippen LogP contribution < -0.4 is 9.80 Å². The molecule has 26 heavy (non-hydrogen) atoms. The fourth-order valence-corrected chi connectivity index (χ4v) is 4.53. The second-order valence-corrected chi connectivity index (χ2v) is 8.04.